The van der Waals surface area contributed by atoms with Crippen LogP contribution in [0.3, 0.4) is 0 Å². The number of anilines is 1. The van der Waals surface area contributed by atoms with E-state index in [4.69, 9.17) is 13.9 Å². The molecule has 2 aliphatic carbocycles. The van der Waals surface area contributed by atoms with Crippen LogP contribution in [-0.2, 0) is 16.1 Å². The zero-order valence-corrected chi connectivity index (χ0v) is 17.7. The minimum atomic E-state index is -0.163. The molecule has 8 heteroatoms. The first-order chi connectivity index (χ1) is 14.7. The summed E-state index contributed by atoms with van der Waals surface area (Å²) in [5.41, 5.74) is 0.675. The van der Waals surface area contributed by atoms with E-state index >= 15 is 0 Å². The molecular weight excluding hydrogens is 402 g/mol. The standard InChI is InChI=1S/C22H25N3O4S/c1-27-18-8-4-7-17(12-18)23-20(26)14-30-22-25-24-21(29-22)13-28-19-10-9-15-5-2-3-6-16(15)11-19/h4,7-12,15-16H,2-3,5-6,13-14H2,1H3,(H,23,26). The number of ether oxygens (including phenoxy) is 2. The van der Waals surface area contributed by atoms with Crippen molar-refractivity contribution in [3.05, 3.63) is 54.1 Å². The Morgan fingerprint density at radius 1 is 1.27 bits per heavy atom. The summed E-state index contributed by atoms with van der Waals surface area (Å²) in [6, 6.07) is 7.20. The number of carbonyl (C=O) groups is 1. The molecule has 1 N–H and O–H groups in total. The fraction of sp³-hybridized carbons (Fsp3) is 0.409. The maximum Gasteiger partial charge on any atom is 0.277 e. The van der Waals surface area contributed by atoms with E-state index in [1.165, 1.54) is 37.4 Å². The highest BCUT2D eigenvalue weighted by molar-refractivity contribution is 7.99. The molecule has 1 aromatic carbocycles. The van der Waals surface area contributed by atoms with Crippen molar-refractivity contribution >= 4 is 23.4 Å². The number of nitrogens with one attached hydrogen (secondary N) is 1. The van der Waals surface area contributed by atoms with Crippen LogP contribution in [0.5, 0.6) is 5.75 Å². The highest BCUT2D eigenvalue weighted by Crippen LogP contribution is 2.35. The van der Waals surface area contributed by atoms with Gasteiger partial charge in [0.1, 0.15) is 11.5 Å². The van der Waals surface area contributed by atoms with Crippen molar-refractivity contribution in [2.75, 3.05) is 18.2 Å². The topological polar surface area (TPSA) is 86.5 Å². The van der Waals surface area contributed by atoms with E-state index in [1.807, 2.05) is 18.2 Å². The second-order valence-electron chi connectivity index (χ2n) is 7.36. The lowest BCUT2D eigenvalue weighted by atomic mass is 9.77. The van der Waals surface area contributed by atoms with Crippen molar-refractivity contribution in [3.63, 3.8) is 0 Å². The Bertz CT molecular complexity index is 940. The van der Waals surface area contributed by atoms with Crippen LogP contribution in [0.2, 0.25) is 0 Å². The van der Waals surface area contributed by atoms with E-state index in [0.29, 0.717) is 34.4 Å². The number of aromatic nitrogens is 2. The molecule has 1 saturated carbocycles. The van der Waals surface area contributed by atoms with Crippen molar-refractivity contribution in [2.45, 2.75) is 37.5 Å². The molecule has 0 spiro atoms. The lowest BCUT2D eigenvalue weighted by Gasteiger charge is -2.30. The smallest absolute Gasteiger partial charge is 0.277 e. The highest BCUT2D eigenvalue weighted by Gasteiger charge is 2.24. The number of fused-ring (bicyclic) bond motifs is 1. The SMILES string of the molecule is COc1cccc(NC(=O)CSc2nnc(COC3=CC4CCCCC4C=C3)o2)c1. The maximum atomic E-state index is 12.1. The number of hydrogen-bond donors (Lipinski definition) is 1. The number of nitrogens with zero attached hydrogens (tertiary/aromatic N) is 2. The van der Waals surface area contributed by atoms with Gasteiger partial charge in [0.25, 0.3) is 11.1 Å². The number of amides is 1. The lowest BCUT2D eigenvalue weighted by molar-refractivity contribution is -0.113. The Hall–Kier alpha value is -2.74. The van der Waals surface area contributed by atoms with Crippen LogP contribution in [0, 0.1) is 11.8 Å². The Morgan fingerprint density at radius 2 is 2.13 bits per heavy atom. The predicted octanol–water partition coefficient (Wildman–Crippen LogP) is 4.59. The quantitative estimate of drug-likeness (QED) is 0.617. The molecule has 0 saturated heterocycles. The molecule has 0 bridgehead atoms. The van der Waals surface area contributed by atoms with Gasteiger partial charge in [-0.05, 0) is 49.0 Å². The molecule has 30 heavy (non-hydrogen) atoms. The Morgan fingerprint density at radius 3 is 3.00 bits per heavy atom. The average molecular weight is 428 g/mol. The van der Waals surface area contributed by atoms with Gasteiger partial charge in [-0.15, -0.1) is 10.2 Å². The van der Waals surface area contributed by atoms with Crippen LogP contribution in [0.25, 0.3) is 0 Å². The summed E-state index contributed by atoms with van der Waals surface area (Å²) in [5.74, 6) is 3.18. The predicted molar refractivity (Wildman–Crippen MR) is 114 cm³/mol. The lowest BCUT2D eigenvalue weighted by Crippen LogP contribution is -2.18. The largest absolute Gasteiger partial charge is 0.497 e. The van der Waals surface area contributed by atoms with E-state index in [0.717, 1.165) is 5.76 Å². The Kier molecular flexibility index (Phi) is 6.74. The van der Waals surface area contributed by atoms with Crippen LogP contribution < -0.4 is 10.1 Å². The van der Waals surface area contributed by atoms with E-state index < -0.39 is 0 Å². The number of methoxy groups -OCH3 is 1. The van der Waals surface area contributed by atoms with Gasteiger partial charge in [-0.3, -0.25) is 4.79 Å². The molecule has 1 amide bonds. The first-order valence-corrected chi connectivity index (χ1v) is 11.1. The molecule has 2 unspecified atom stereocenters. The number of allylic oxidation sites excluding steroid dienone is 3. The van der Waals surface area contributed by atoms with Crippen molar-refractivity contribution < 1.29 is 18.7 Å². The normalized spacial score (nSPS) is 20.2. The van der Waals surface area contributed by atoms with Crippen LogP contribution in [-0.4, -0.2) is 29.0 Å². The third-order valence-electron chi connectivity index (χ3n) is 5.25. The van der Waals surface area contributed by atoms with E-state index in [-0.39, 0.29) is 18.3 Å². The molecular formula is C22H25N3O4S. The summed E-state index contributed by atoms with van der Waals surface area (Å²) in [4.78, 5) is 12.1. The molecule has 0 radical (unpaired) electrons. The van der Waals surface area contributed by atoms with Gasteiger partial charge in [-0.25, -0.2) is 0 Å². The number of thioether (sulfide) groups is 1. The van der Waals surface area contributed by atoms with Gasteiger partial charge >= 0.3 is 0 Å². The average Bonchev–Trinajstić information content (AvgIpc) is 3.24. The highest BCUT2D eigenvalue weighted by atomic mass is 32.2. The molecule has 2 aromatic rings. The number of carbonyl (C=O) groups excluding carboxylic acids is 1. The van der Waals surface area contributed by atoms with Gasteiger partial charge < -0.3 is 19.2 Å². The van der Waals surface area contributed by atoms with Crippen LogP contribution >= 0.6 is 11.8 Å². The van der Waals surface area contributed by atoms with Gasteiger partial charge in [0, 0.05) is 11.8 Å². The van der Waals surface area contributed by atoms with E-state index in [1.54, 1.807) is 19.2 Å². The van der Waals surface area contributed by atoms with Crippen LogP contribution in [0.1, 0.15) is 31.6 Å². The molecule has 158 valence electrons. The molecule has 0 aliphatic heterocycles. The third kappa shape index (κ3) is 5.44. The second-order valence-corrected chi connectivity index (χ2v) is 8.29. The number of benzene rings is 1. The summed E-state index contributed by atoms with van der Waals surface area (Å²) < 4.78 is 16.6. The van der Waals surface area contributed by atoms with E-state index in [9.17, 15) is 4.79 Å². The molecule has 4 rings (SSSR count). The molecule has 1 aromatic heterocycles. The zero-order chi connectivity index (χ0) is 20.8. The summed E-state index contributed by atoms with van der Waals surface area (Å²) in [7, 11) is 1.58. The third-order valence-corrected chi connectivity index (χ3v) is 6.07. The van der Waals surface area contributed by atoms with Crippen molar-refractivity contribution in [1.82, 2.24) is 10.2 Å². The minimum Gasteiger partial charge on any atom is -0.497 e. The number of hydrogen-bond acceptors (Lipinski definition) is 7. The zero-order valence-electron chi connectivity index (χ0n) is 16.9. The van der Waals surface area contributed by atoms with Gasteiger partial charge in [0.05, 0.1) is 12.9 Å². The summed E-state index contributed by atoms with van der Waals surface area (Å²) in [5, 5.41) is 11.1. The molecule has 1 fully saturated rings. The summed E-state index contributed by atoms with van der Waals surface area (Å²) in [6.07, 6.45) is 11.6. The van der Waals surface area contributed by atoms with E-state index in [2.05, 4.69) is 27.7 Å². The van der Waals surface area contributed by atoms with Gasteiger partial charge in [0.2, 0.25) is 5.91 Å². The van der Waals surface area contributed by atoms with Gasteiger partial charge in [-0.1, -0.05) is 36.7 Å². The van der Waals surface area contributed by atoms with Gasteiger partial charge in [0.15, 0.2) is 6.61 Å². The van der Waals surface area contributed by atoms with Gasteiger partial charge in [-0.2, -0.15) is 0 Å². The van der Waals surface area contributed by atoms with Crippen molar-refractivity contribution in [3.8, 4) is 5.75 Å². The molecule has 2 atom stereocenters. The molecule has 7 nitrogen and oxygen atoms in total. The van der Waals surface area contributed by atoms with Crippen LogP contribution in [0.15, 0.2) is 57.9 Å². The molecule has 1 heterocycles. The van der Waals surface area contributed by atoms with Crippen molar-refractivity contribution in [1.29, 1.82) is 0 Å². The molecule has 2 aliphatic rings. The summed E-state index contributed by atoms with van der Waals surface area (Å²) in [6.45, 7) is 0.219. The first-order valence-electron chi connectivity index (χ1n) is 10.1. The fourth-order valence-corrected chi connectivity index (χ4v) is 4.32. The first kappa shape index (κ1) is 20.5. The minimum absolute atomic E-state index is 0.163. The Labute approximate surface area is 179 Å². The maximum absolute atomic E-state index is 12.1. The fourth-order valence-electron chi connectivity index (χ4n) is 3.74. The monoisotopic (exact) mass is 427 g/mol. The van der Waals surface area contributed by atoms with Crippen LogP contribution in [0.4, 0.5) is 5.69 Å². The van der Waals surface area contributed by atoms with Crippen molar-refractivity contribution in [2.24, 2.45) is 11.8 Å². The number of rotatable bonds is 8. The summed E-state index contributed by atoms with van der Waals surface area (Å²) >= 11 is 1.19. The second kappa shape index (κ2) is 9.84. The Balaban J connectivity index is 1.23.